The Labute approximate surface area is 216 Å². The summed E-state index contributed by atoms with van der Waals surface area (Å²) in [6.07, 6.45) is 4.85. The normalized spacial score (nSPS) is 15.6. The maximum absolute atomic E-state index is 14.2. The molecule has 2 aromatic heterocycles. The molecule has 37 heavy (non-hydrogen) atoms. The van der Waals surface area contributed by atoms with Crippen molar-refractivity contribution >= 4 is 28.5 Å². The zero-order chi connectivity index (χ0) is 25.8. The number of carbonyl (C=O) groups excluding carboxylic acids is 2. The first-order chi connectivity index (χ1) is 18.0. The summed E-state index contributed by atoms with van der Waals surface area (Å²) in [6, 6.07) is 18.9. The number of nitrogens with zero attached hydrogens (tertiary/aromatic N) is 4. The number of carbonyl (C=O) groups is 2. The third-order valence-corrected chi connectivity index (χ3v) is 6.85. The molecule has 0 saturated carbocycles. The minimum Gasteiger partial charge on any atom is -0.377 e. The number of imidazole rings is 1. The molecule has 8 heteroatoms. The summed E-state index contributed by atoms with van der Waals surface area (Å²) in [6.45, 7) is 0.962. The molecule has 1 N–H and O–H groups in total. The highest BCUT2D eigenvalue weighted by Crippen LogP contribution is 2.33. The zero-order valence-corrected chi connectivity index (χ0v) is 21.2. The summed E-state index contributed by atoms with van der Waals surface area (Å²) in [4.78, 5) is 38.2. The lowest BCUT2D eigenvalue weighted by Crippen LogP contribution is -2.39. The molecule has 1 aliphatic rings. The number of methoxy groups -OCH3 is 1. The van der Waals surface area contributed by atoms with Crippen LogP contribution >= 0.6 is 0 Å². The van der Waals surface area contributed by atoms with Crippen molar-refractivity contribution < 1.29 is 14.3 Å². The van der Waals surface area contributed by atoms with Crippen LogP contribution in [-0.4, -0.2) is 44.9 Å². The van der Waals surface area contributed by atoms with Crippen molar-refractivity contribution in [2.24, 2.45) is 7.05 Å². The lowest BCUT2D eigenvalue weighted by molar-refractivity contribution is -0.115. The summed E-state index contributed by atoms with van der Waals surface area (Å²) >= 11 is 0. The molecule has 5 rings (SSSR count). The van der Waals surface area contributed by atoms with Crippen LogP contribution in [0.25, 0.3) is 11.0 Å². The number of amides is 2. The van der Waals surface area contributed by atoms with Gasteiger partial charge >= 0.3 is 0 Å². The van der Waals surface area contributed by atoms with Gasteiger partial charge in [-0.25, -0.2) is 4.98 Å². The lowest BCUT2D eigenvalue weighted by Gasteiger charge is -2.35. The van der Waals surface area contributed by atoms with Crippen LogP contribution in [0.1, 0.15) is 52.7 Å². The van der Waals surface area contributed by atoms with Gasteiger partial charge in [-0.15, -0.1) is 0 Å². The quantitative estimate of drug-likeness (QED) is 0.401. The van der Waals surface area contributed by atoms with Crippen LogP contribution < -0.4 is 5.32 Å². The maximum Gasteiger partial charge on any atom is 0.256 e. The Bertz CT molecular complexity index is 1400. The summed E-state index contributed by atoms with van der Waals surface area (Å²) < 4.78 is 7.24. The predicted molar refractivity (Wildman–Crippen MR) is 142 cm³/mol. The first kappa shape index (κ1) is 24.6. The van der Waals surface area contributed by atoms with Gasteiger partial charge in [0, 0.05) is 32.6 Å². The maximum atomic E-state index is 14.2. The van der Waals surface area contributed by atoms with Crippen LogP contribution in [0.4, 0.5) is 5.69 Å². The van der Waals surface area contributed by atoms with Crippen molar-refractivity contribution in [2.45, 2.75) is 38.3 Å². The van der Waals surface area contributed by atoms with Gasteiger partial charge in [0.05, 0.1) is 34.8 Å². The Morgan fingerprint density at radius 3 is 2.65 bits per heavy atom. The van der Waals surface area contributed by atoms with Gasteiger partial charge in [0.1, 0.15) is 12.4 Å². The van der Waals surface area contributed by atoms with E-state index in [1.54, 1.807) is 19.4 Å². The van der Waals surface area contributed by atoms with E-state index >= 15 is 0 Å². The average Bonchev–Trinajstić information content (AvgIpc) is 3.23. The molecule has 0 spiro atoms. The highest BCUT2D eigenvalue weighted by Gasteiger charge is 2.31. The molecule has 2 amide bonds. The Balaban J connectivity index is 1.53. The van der Waals surface area contributed by atoms with E-state index in [2.05, 4.69) is 10.3 Å². The fourth-order valence-electron chi connectivity index (χ4n) is 5.09. The third-order valence-electron chi connectivity index (χ3n) is 6.85. The Morgan fingerprint density at radius 1 is 1.08 bits per heavy atom. The highest BCUT2D eigenvalue weighted by molar-refractivity contribution is 6.08. The molecule has 1 fully saturated rings. The molecule has 4 aromatic rings. The fourth-order valence-corrected chi connectivity index (χ4v) is 5.09. The smallest absolute Gasteiger partial charge is 0.256 e. The number of hydrogen-bond donors (Lipinski definition) is 1. The molecular formula is C29H31N5O3. The van der Waals surface area contributed by atoms with Crippen LogP contribution in [0.2, 0.25) is 0 Å². The molecule has 0 aliphatic carbocycles. The van der Waals surface area contributed by atoms with Crippen LogP contribution in [0.3, 0.4) is 0 Å². The van der Waals surface area contributed by atoms with E-state index in [1.807, 2.05) is 71.1 Å². The molecule has 190 valence electrons. The van der Waals surface area contributed by atoms with Crippen molar-refractivity contribution in [1.82, 2.24) is 19.4 Å². The molecule has 8 nitrogen and oxygen atoms in total. The number of anilines is 1. The minimum absolute atomic E-state index is 0.0912. The fraction of sp³-hybridized carbons (Fsp3) is 0.310. The Kier molecular flexibility index (Phi) is 7.28. The Hall–Kier alpha value is -4.04. The summed E-state index contributed by atoms with van der Waals surface area (Å²) in [5, 5.41) is 2.98. The third kappa shape index (κ3) is 5.24. The zero-order valence-electron chi connectivity index (χ0n) is 21.2. The van der Waals surface area contributed by atoms with E-state index in [9.17, 15) is 9.59 Å². The van der Waals surface area contributed by atoms with E-state index in [1.165, 1.54) is 0 Å². The van der Waals surface area contributed by atoms with Gasteiger partial charge in [0.2, 0.25) is 5.91 Å². The predicted octanol–water partition coefficient (Wildman–Crippen LogP) is 4.66. The minimum atomic E-state index is -0.152. The van der Waals surface area contributed by atoms with Gasteiger partial charge in [-0.2, -0.15) is 0 Å². The summed E-state index contributed by atoms with van der Waals surface area (Å²) in [7, 11) is 3.51. The van der Waals surface area contributed by atoms with E-state index in [0.717, 1.165) is 36.0 Å². The van der Waals surface area contributed by atoms with E-state index in [-0.39, 0.29) is 24.3 Å². The number of pyridine rings is 1. The van der Waals surface area contributed by atoms with Gasteiger partial charge in [-0.05, 0) is 49.1 Å². The highest BCUT2D eigenvalue weighted by atomic mass is 16.5. The molecule has 3 heterocycles. The average molecular weight is 498 g/mol. The van der Waals surface area contributed by atoms with Gasteiger partial charge in [0.25, 0.3) is 5.91 Å². The molecule has 1 atom stereocenters. The first-order valence-electron chi connectivity index (χ1n) is 12.6. The van der Waals surface area contributed by atoms with Gasteiger partial charge in [-0.1, -0.05) is 36.4 Å². The number of aromatic nitrogens is 3. The van der Waals surface area contributed by atoms with Crippen molar-refractivity contribution in [3.05, 3.63) is 89.5 Å². The number of fused-ring (bicyclic) bond motifs is 1. The topological polar surface area (TPSA) is 89.3 Å². The number of benzene rings is 2. The largest absolute Gasteiger partial charge is 0.377 e. The second-order valence-electron chi connectivity index (χ2n) is 9.39. The molecule has 1 aliphatic heterocycles. The van der Waals surface area contributed by atoms with Crippen molar-refractivity contribution in [3.63, 3.8) is 0 Å². The number of likely N-dealkylation sites (tertiary alicyclic amines) is 1. The molecule has 1 saturated heterocycles. The number of rotatable bonds is 7. The first-order valence-corrected chi connectivity index (χ1v) is 12.6. The standard InChI is InChI=1S/C29H31N5O3/c1-33-26(19-37-2)32-24-18-21(31-27(35)16-20-10-4-3-5-11-20)17-22(28(24)33)29(36)34-15-9-7-13-25(34)23-12-6-8-14-30-23/h3-6,8,10-12,14,17-18,25H,7,9,13,15-16,19H2,1-2H3,(H,31,35). The van der Waals surface area contributed by atoms with E-state index in [0.29, 0.717) is 35.7 Å². The number of ether oxygens (including phenoxy) is 1. The van der Waals surface area contributed by atoms with Crippen LogP contribution in [-0.2, 0) is 29.6 Å². The van der Waals surface area contributed by atoms with Crippen molar-refractivity contribution in [1.29, 1.82) is 0 Å². The van der Waals surface area contributed by atoms with Crippen LogP contribution in [0.5, 0.6) is 0 Å². The van der Waals surface area contributed by atoms with Gasteiger partial charge in [0.15, 0.2) is 0 Å². The summed E-state index contributed by atoms with van der Waals surface area (Å²) in [5.74, 6) is 0.465. The van der Waals surface area contributed by atoms with Crippen LogP contribution in [0.15, 0.2) is 66.9 Å². The van der Waals surface area contributed by atoms with Crippen molar-refractivity contribution in [2.75, 3.05) is 19.0 Å². The number of hydrogen-bond acceptors (Lipinski definition) is 5. The second kappa shape index (κ2) is 10.9. The van der Waals surface area contributed by atoms with E-state index in [4.69, 9.17) is 9.72 Å². The number of nitrogens with one attached hydrogen (secondary N) is 1. The SMILES string of the molecule is COCc1nc2cc(NC(=O)Cc3ccccc3)cc(C(=O)N3CCCCC3c3ccccn3)c2n1C. The molecular weight excluding hydrogens is 466 g/mol. The molecule has 0 radical (unpaired) electrons. The van der Waals surface area contributed by atoms with E-state index < -0.39 is 0 Å². The lowest BCUT2D eigenvalue weighted by atomic mass is 9.97. The summed E-state index contributed by atoms with van der Waals surface area (Å²) in [5.41, 5.74) is 4.23. The molecule has 1 unspecified atom stereocenters. The van der Waals surface area contributed by atoms with Crippen LogP contribution in [0, 0.1) is 0 Å². The molecule has 2 aromatic carbocycles. The second-order valence-corrected chi connectivity index (χ2v) is 9.39. The number of piperidine rings is 1. The van der Waals surface area contributed by atoms with Gasteiger partial charge < -0.3 is 19.5 Å². The molecule has 0 bridgehead atoms. The van der Waals surface area contributed by atoms with Gasteiger partial charge in [-0.3, -0.25) is 14.6 Å². The monoisotopic (exact) mass is 497 g/mol. The van der Waals surface area contributed by atoms with Crippen molar-refractivity contribution in [3.8, 4) is 0 Å². The number of aryl methyl sites for hydroxylation is 1. The Morgan fingerprint density at radius 2 is 1.89 bits per heavy atom.